The van der Waals surface area contributed by atoms with Crippen LogP contribution in [0.3, 0.4) is 0 Å². The lowest BCUT2D eigenvalue weighted by Gasteiger charge is -2.26. The average molecular weight is 243 g/mol. The lowest BCUT2D eigenvalue weighted by Crippen LogP contribution is -2.56. The van der Waals surface area contributed by atoms with Gasteiger partial charge < -0.3 is 11.1 Å². The van der Waals surface area contributed by atoms with E-state index in [4.69, 9.17) is 11.3 Å². The molecule has 0 saturated carbocycles. The first kappa shape index (κ1) is 13.2. The normalized spacial score (nSPS) is 28.7. The molecule has 2 unspecified atom stereocenters. The molecule has 1 saturated heterocycles. The summed E-state index contributed by atoms with van der Waals surface area (Å²) in [5, 5.41) is 7.10. The molecule has 0 bridgehead atoms. The Balaban J connectivity index is 2.41. The molecule has 1 aliphatic rings. The number of nitrogens with two attached hydrogens (primary N) is 1. The number of carbonyl (C=O) groups is 1. The van der Waals surface area contributed by atoms with Gasteiger partial charge in [-0.1, -0.05) is 12.0 Å². The third-order valence-corrected chi connectivity index (χ3v) is 4.08. The molecule has 90 valence electrons. The highest BCUT2D eigenvalue weighted by Crippen LogP contribution is 2.34. The molecule has 6 nitrogen and oxygen atoms in total. The molecular formula is C9H17N5OS. The van der Waals surface area contributed by atoms with Crippen molar-refractivity contribution in [1.82, 2.24) is 5.32 Å². The topological polar surface area (TPSA) is 104 Å². The Labute approximate surface area is 99.0 Å². The Morgan fingerprint density at radius 2 is 2.56 bits per heavy atom. The van der Waals surface area contributed by atoms with Crippen LogP contribution in [0.5, 0.6) is 0 Å². The highest BCUT2D eigenvalue weighted by molar-refractivity contribution is 8.00. The molecule has 0 aromatic heterocycles. The summed E-state index contributed by atoms with van der Waals surface area (Å²) in [4.78, 5) is 14.1. The first-order valence-electron chi connectivity index (χ1n) is 5.28. The molecule has 3 N–H and O–H groups in total. The van der Waals surface area contributed by atoms with Crippen LogP contribution >= 0.6 is 11.8 Å². The summed E-state index contributed by atoms with van der Waals surface area (Å²) in [7, 11) is 0. The van der Waals surface area contributed by atoms with Gasteiger partial charge in [0.2, 0.25) is 5.91 Å². The minimum Gasteiger partial charge on any atom is -0.368 e. The number of hydrogen-bond acceptors (Lipinski definition) is 4. The van der Waals surface area contributed by atoms with Gasteiger partial charge in [0.05, 0.1) is 0 Å². The zero-order valence-electron chi connectivity index (χ0n) is 9.35. The van der Waals surface area contributed by atoms with E-state index in [1.165, 1.54) is 0 Å². The summed E-state index contributed by atoms with van der Waals surface area (Å²) in [5.41, 5.74) is 13.0. The van der Waals surface area contributed by atoms with Crippen LogP contribution in [0.15, 0.2) is 5.11 Å². The largest absolute Gasteiger partial charge is 0.368 e. The molecule has 1 rings (SSSR count). The quantitative estimate of drug-likeness (QED) is 0.315. The van der Waals surface area contributed by atoms with Gasteiger partial charge in [-0.2, -0.15) is 11.8 Å². The second kappa shape index (κ2) is 5.98. The van der Waals surface area contributed by atoms with E-state index in [0.29, 0.717) is 18.3 Å². The fraction of sp³-hybridized carbons (Fsp3) is 0.889. The number of hydrogen-bond donors (Lipinski definition) is 2. The van der Waals surface area contributed by atoms with Crippen molar-refractivity contribution in [2.45, 2.75) is 30.6 Å². The van der Waals surface area contributed by atoms with Gasteiger partial charge in [0.25, 0.3) is 0 Å². The summed E-state index contributed by atoms with van der Waals surface area (Å²) in [6.45, 7) is 3.19. The Morgan fingerprint density at radius 1 is 1.81 bits per heavy atom. The highest BCUT2D eigenvalue weighted by atomic mass is 32.2. The van der Waals surface area contributed by atoms with Crippen LogP contribution in [0, 0.1) is 0 Å². The summed E-state index contributed by atoms with van der Waals surface area (Å²) >= 11 is 1.76. The van der Waals surface area contributed by atoms with Crippen molar-refractivity contribution >= 4 is 17.7 Å². The zero-order chi connectivity index (χ0) is 12.0. The van der Waals surface area contributed by atoms with Crippen LogP contribution in [0.2, 0.25) is 0 Å². The number of nitrogens with one attached hydrogen (secondary N) is 1. The Morgan fingerprint density at radius 3 is 3.06 bits per heavy atom. The fourth-order valence-electron chi connectivity index (χ4n) is 1.80. The van der Waals surface area contributed by atoms with Gasteiger partial charge in [0.1, 0.15) is 5.54 Å². The maximum absolute atomic E-state index is 11.5. The molecule has 0 spiro atoms. The predicted molar refractivity (Wildman–Crippen MR) is 65.1 cm³/mol. The Bertz CT molecular complexity index is 304. The highest BCUT2D eigenvalue weighted by Gasteiger charge is 2.42. The second-order valence-corrected chi connectivity index (χ2v) is 5.43. The number of carbonyl (C=O) groups excluding carboxylic acids is 1. The standard InChI is InChI=1S/C9H17N5OS/c1-7-5-9(6-16-7,8(10)15)12-3-2-4-13-14-11/h7,12H,2-6H2,1H3,(H2,10,15). The number of azide groups is 1. The first-order valence-corrected chi connectivity index (χ1v) is 6.33. The van der Waals surface area contributed by atoms with Crippen molar-refractivity contribution in [3.05, 3.63) is 10.4 Å². The zero-order valence-corrected chi connectivity index (χ0v) is 10.2. The second-order valence-electron chi connectivity index (χ2n) is 4.01. The summed E-state index contributed by atoms with van der Waals surface area (Å²) in [6.07, 6.45) is 1.49. The molecular weight excluding hydrogens is 226 g/mol. The summed E-state index contributed by atoms with van der Waals surface area (Å²) in [5.74, 6) is 0.443. The number of thioether (sulfide) groups is 1. The minimum absolute atomic E-state index is 0.284. The lowest BCUT2D eigenvalue weighted by atomic mass is 9.95. The number of nitrogens with zero attached hydrogens (tertiary/aromatic N) is 3. The van der Waals surface area contributed by atoms with E-state index in [9.17, 15) is 4.79 Å². The van der Waals surface area contributed by atoms with E-state index in [1.807, 2.05) is 0 Å². The summed E-state index contributed by atoms with van der Waals surface area (Å²) in [6, 6.07) is 0. The van der Waals surface area contributed by atoms with E-state index in [-0.39, 0.29) is 5.91 Å². The minimum atomic E-state index is -0.569. The molecule has 1 amide bonds. The van der Waals surface area contributed by atoms with E-state index >= 15 is 0 Å². The molecule has 1 aliphatic heterocycles. The smallest absolute Gasteiger partial charge is 0.238 e. The van der Waals surface area contributed by atoms with Gasteiger partial charge in [-0.05, 0) is 24.9 Å². The third kappa shape index (κ3) is 3.30. The summed E-state index contributed by atoms with van der Waals surface area (Å²) < 4.78 is 0. The van der Waals surface area contributed by atoms with Crippen LogP contribution in [-0.4, -0.2) is 35.5 Å². The Kier molecular flexibility index (Phi) is 4.92. The van der Waals surface area contributed by atoms with E-state index in [2.05, 4.69) is 22.3 Å². The predicted octanol–water partition coefficient (Wildman–Crippen LogP) is 1.03. The van der Waals surface area contributed by atoms with Crippen molar-refractivity contribution in [3.63, 3.8) is 0 Å². The molecule has 0 aliphatic carbocycles. The SMILES string of the molecule is CC1CC(NCCCN=[N+]=[N-])(C(N)=O)CS1. The van der Waals surface area contributed by atoms with Gasteiger partial charge in [-0.25, -0.2) is 0 Å². The number of amides is 1. The van der Waals surface area contributed by atoms with Gasteiger partial charge in [-0.3, -0.25) is 4.79 Å². The molecule has 0 aromatic rings. The van der Waals surface area contributed by atoms with Crippen molar-refractivity contribution in [2.24, 2.45) is 10.8 Å². The van der Waals surface area contributed by atoms with Gasteiger partial charge in [-0.15, -0.1) is 0 Å². The first-order chi connectivity index (χ1) is 7.60. The maximum Gasteiger partial charge on any atom is 0.238 e. The molecule has 0 aromatic carbocycles. The van der Waals surface area contributed by atoms with Crippen LogP contribution in [0.1, 0.15) is 19.8 Å². The average Bonchev–Trinajstić information content (AvgIpc) is 2.61. The van der Waals surface area contributed by atoms with E-state index in [1.54, 1.807) is 11.8 Å². The van der Waals surface area contributed by atoms with Gasteiger partial charge >= 0.3 is 0 Å². The molecule has 1 fully saturated rings. The van der Waals surface area contributed by atoms with E-state index < -0.39 is 5.54 Å². The van der Waals surface area contributed by atoms with Crippen LogP contribution in [0.25, 0.3) is 10.4 Å². The molecule has 0 radical (unpaired) electrons. The Hall–Kier alpha value is -0.910. The fourth-order valence-corrected chi connectivity index (χ4v) is 3.13. The number of primary amides is 1. The van der Waals surface area contributed by atoms with Crippen molar-refractivity contribution in [1.29, 1.82) is 0 Å². The lowest BCUT2D eigenvalue weighted by molar-refractivity contribution is -0.123. The molecule has 7 heteroatoms. The third-order valence-electron chi connectivity index (χ3n) is 2.68. The van der Waals surface area contributed by atoms with Crippen LogP contribution in [0.4, 0.5) is 0 Å². The van der Waals surface area contributed by atoms with Crippen molar-refractivity contribution in [3.8, 4) is 0 Å². The van der Waals surface area contributed by atoms with Gasteiger partial charge in [0, 0.05) is 22.5 Å². The van der Waals surface area contributed by atoms with E-state index in [0.717, 1.165) is 18.6 Å². The van der Waals surface area contributed by atoms with Gasteiger partial charge in [0.15, 0.2) is 0 Å². The van der Waals surface area contributed by atoms with Crippen molar-refractivity contribution < 1.29 is 4.79 Å². The van der Waals surface area contributed by atoms with Crippen LogP contribution in [-0.2, 0) is 4.79 Å². The molecule has 2 atom stereocenters. The maximum atomic E-state index is 11.5. The molecule has 16 heavy (non-hydrogen) atoms. The monoisotopic (exact) mass is 243 g/mol. The molecule has 1 heterocycles. The van der Waals surface area contributed by atoms with Crippen LogP contribution < -0.4 is 11.1 Å². The van der Waals surface area contributed by atoms with Crippen molar-refractivity contribution in [2.75, 3.05) is 18.8 Å². The number of rotatable bonds is 6.